The van der Waals surface area contributed by atoms with Crippen LogP contribution >= 0.6 is 12.4 Å². The molecule has 0 unspecified atom stereocenters. The van der Waals surface area contributed by atoms with Crippen LogP contribution in [0, 0.1) is 22.9 Å². The van der Waals surface area contributed by atoms with E-state index in [4.69, 9.17) is 0 Å². The number of piperazine rings is 1. The Bertz CT molecular complexity index is 483. The number of hydrogen-bond acceptors (Lipinski definition) is 2. The van der Waals surface area contributed by atoms with Crippen molar-refractivity contribution in [2.24, 2.45) is 5.41 Å². The number of halogens is 4. The zero-order chi connectivity index (χ0) is 14.9. The molecule has 1 aromatic rings. The quantitative estimate of drug-likeness (QED) is 0.838. The van der Waals surface area contributed by atoms with Crippen LogP contribution in [-0.4, -0.2) is 31.1 Å². The molecule has 2 rings (SSSR count). The number of rotatable bonds is 2. The Morgan fingerprint density at radius 1 is 1.00 bits per heavy atom. The topological polar surface area (TPSA) is 15.3 Å². The van der Waals surface area contributed by atoms with Crippen LogP contribution in [-0.2, 0) is 0 Å². The molecule has 0 aromatic heterocycles. The van der Waals surface area contributed by atoms with E-state index in [9.17, 15) is 13.2 Å². The number of nitrogens with zero attached hydrogens (tertiary/aromatic N) is 1. The molecule has 1 heterocycles. The SMILES string of the molecule is CC(C)(C)[C@@H](c1cc(F)c(F)cc1F)N1CCNCC1.Cl. The highest BCUT2D eigenvalue weighted by atomic mass is 35.5. The second-order valence-corrected chi connectivity index (χ2v) is 6.34. The molecule has 0 radical (unpaired) electrons. The van der Waals surface area contributed by atoms with Crippen LogP contribution < -0.4 is 5.32 Å². The first-order valence-corrected chi connectivity index (χ1v) is 6.90. The van der Waals surface area contributed by atoms with Crippen LogP contribution in [0.2, 0.25) is 0 Å². The van der Waals surface area contributed by atoms with E-state index in [1.165, 1.54) is 0 Å². The van der Waals surface area contributed by atoms with Gasteiger partial charge in [0.25, 0.3) is 0 Å². The van der Waals surface area contributed by atoms with Gasteiger partial charge in [0.2, 0.25) is 0 Å². The summed E-state index contributed by atoms with van der Waals surface area (Å²) in [6, 6.07) is 1.37. The molecular formula is C15H22ClF3N2. The molecule has 0 aliphatic carbocycles. The van der Waals surface area contributed by atoms with Crippen molar-refractivity contribution in [2.75, 3.05) is 26.2 Å². The molecule has 6 heteroatoms. The lowest BCUT2D eigenvalue weighted by Gasteiger charge is -2.42. The second kappa shape index (κ2) is 6.99. The summed E-state index contributed by atoms with van der Waals surface area (Å²) in [5.74, 6) is -2.81. The van der Waals surface area contributed by atoms with Gasteiger partial charge in [-0.15, -0.1) is 12.4 Å². The molecule has 0 spiro atoms. The Kier molecular flexibility index (Phi) is 6.08. The van der Waals surface area contributed by atoms with Crippen molar-refractivity contribution in [1.29, 1.82) is 0 Å². The summed E-state index contributed by atoms with van der Waals surface area (Å²) in [6.07, 6.45) is 0. The van der Waals surface area contributed by atoms with Crippen LogP contribution in [0.3, 0.4) is 0 Å². The van der Waals surface area contributed by atoms with Crippen molar-refractivity contribution in [3.8, 4) is 0 Å². The lowest BCUT2D eigenvalue weighted by Crippen LogP contribution is -2.48. The third-order valence-electron chi connectivity index (χ3n) is 3.67. The average Bonchev–Trinajstić information content (AvgIpc) is 2.35. The van der Waals surface area contributed by atoms with Gasteiger partial charge in [-0.25, -0.2) is 13.2 Å². The normalized spacial score (nSPS) is 18.2. The lowest BCUT2D eigenvalue weighted by atomic mass is 9.80. The van der Waals surface area contributed by atoms with E-state index in [2.05, 4.69) is 10.2 Å². The summed E-state index contributed by atoms with van der Waals surface area (Å²) in [7, 11) is 0. The minimum absolute atomic E-state index is 0. The molecule has 1 atom stereocenters. The molecule has 1 fully saturated rings. The molecule has 2 nitrogen and oxygen atoms in total. The minimum atomic E-state index is -1.14. The molecular weight excluding hydrogens is 301 g/mol. The van der Waals surface area contributed by atoms with E-state index in [1.807, 2.05) is 20.8 Å². The van der Waals surface area contributed by atoms with E-state index in [0.29, 0.717) is 6.07 Å². The summed E-state index contributed by atoms with van der Waals surface area (Å²) >= 11 is 0. The third kappa shape index (κ3) is 4.11. The molecule has 1 saturated heterocycles. The molecule has 0 bridgehead atoms. The highest BCUT2D eigenvalue weighted by Crippen LogP contribution is 2.39. The predicted octanol–water partition coefficient (Wildman–Crippen LogP) is 3.52. The first kappa shape index (κ1) is 18.3. The fraction of sp³-hybridized carbons (Fsp3) is 0.600. The third-order valence-corrected chi connectivity index (χ3v) is 3.67. The van der Waals surface area contributed by atoms with E-state index in [1.54, 1.807) is 0 Å². The van der Waals surface area contributed by atoms with E-state index in [-0.39, 0.29) is 29.4 Å². The van der Waals surface area contributed by atoms with E-state index >= 15 is 0 Å². The van der Waals surface area contributed by atoms with Gasteiger partial charge < -0.3 is 5.32 Å². The molecule has 0 amide bonds. The van der Waals surface area contributed by atoms with Gasteiger partial charge in [-0.3, -0.25) is 4.90 Å². The molecule has 1 aromatic carbocycles. The number of hydrogen-bond donors (Lipinski definition) is 1. The van der Waals surface area contributed by atoms with Crippen LogP contribution in [0.1, 0.15) is 32.4 Å². The molecule has 1 aliphatic rings. The van der Waals surface area contributed by atoms with Crippen LogP contribution in [0.25, 0.3) is 0 Å². The van der Waals surface area contributed by atoms with Gasteiger partial charge in [-0.1, -0.05) is 20.8 Å². The van der Waals surface area contributed by atoms with Crippen molar-refractivity contribution in [2.45, 2.75) is 26.8 Å². The van der Waals surface area contributed by atoms with Gasteiger partial charge in [-0.2, -0.15) is 0 Å². The highest BCUT2D eigenvalue weighted by Gasteiger charge is 2.35. The Morgan fingerprint density at radius 3 is 2.05 bits per heavy atom. The van der Waals surface area contributed by atoms with Crippen molar-refractivity contribution in [3.63, 3.8) is 0 Å². The first-order chi connectivity index (χ1) is 9.30. The standard InChI is InChI=1S/C15H21F3N2.ClH/c1-15(2,3)14(20-6-4-19-5-7-20)10-8-12(17)13(18)9-11(10)16;/h8-9,14,19H,4-7H2,1-3H3;1H/t14-;/m1./s1. The Morgan fingerprint density at radius 2 is 1.52 bits per heavy atom. The zero-order valence-corrected chi connectivity index (χ0v) is 13.4. The first-order valence-electron chi connectivity index (χ1n) is 6.90. The molecule has 0 saturated carbocycles. The monoisotopic (exact) mass is 322 g/mol. The van der Waals surface area contributed by atoms with Crippen molar-refractivity contribution in [1.82, 2.24) is 10.2 Å². The van der Waals surface area contributed by atoms with Crippen LogP contribution in [0.4, 0.5) is 13.2 Å². The highest BCUT2D eigenvalue weighted by molar-refractivity contribution is 5.85. The average molecular weight is 323 g/mol. The minimum Gasteiger partial charge on any atom is -0.314 e. The molecule has 1 aliphatic heterocycles. The van der Waals surface area contributed by atoms with Crippen molar-refractivity contribution in [3.05, 3.63) is 35.1 Å². The van der Waals surface area contributed by atoms with Gasteiger partial charge >= 0.3 is 0 Å². The summed E-state index contributed by atoms with van der Waals surface area (Å²) in [6.45, 7) is 9.12. The molecule has 120 valence electrons. The maximum Gasteiger partial charge on any atom is 0.161 e. The Labute approximate surface area is 130 Å². The van der Waals surface area contributed by atoms with Crippen LogP contribution in [0.5, 0.6) is 0 Å². The Hall–Kier alpha value is -0.780. The fourth-order valence-electron chi connectivity index (χ4n) is 2.90. The van der Waals surface area contributed by atoms with Gasteiger partial charge in [0.05, 0.1) is 0 Å². The molecule has 1 N–H and O–H groups in total. The maximum atomic E-state index is 14.1. The van der Waals surface area contributed by atoms with E-state index in [0.717, 1.165) is 32.2 Å². The smallest absolute Gasteiger partial charge is 0.161 e. The fourth-order valence-corrected chi connectivity index (χ4v) is 2.90. The summed E-state index contributed by atoms with van der Waals surface area (Å²) in [5, 5.41) is 3.24. The lowest BCUT2D eigenvalue weighted by molar-refractivity contribution is 0.0830. The van der Waals surface area contributed by atoms with Gasteiger partial charge in [0.1, 0.15) is 5.82 Å². The van der Waals surface area contributed by atoms with Gasteiger partial charge in [-0.05, 0) is 11.5 Å². The summed E-state index contributed by atoms with van der Waals surface area (Å²) < 4.78 is 40.7. The van der Waals surface area contributed by atoms with Gasteiger partial charge in [0, 0.05) is 43.9 Å². The summed E-state index contributed by atoms with van der Waals surface area (Å²) in [4.78, 5) is 2.13. The predicted molar refractivity (Wildman–Crippen MR) is 80.2 cm³/mol. The van der Waals surface area contributed by atoms with E-state index < -0.39 is 17.5 Å². The van der Waals surface area contributed by atoms with Crippen LogP contribution in [0.15, 0.2) is 12.1 Å². The van der Waals surface area contributed by atoms with Crippen molar-refractivity contribution < 1.29 is 13.2 Å². The number of nitrogens with one attached hydrogen (secondary N) is 1. The zero-order valence-electron chi connectivity index (χ0n) is 12.5. The maximum absolute atomic E-state index is 14.1. The molecule has 21 heavy (non-hydrogen) atoms. The second-order valence-electron chi connectivity index (χ2n) is 6.34. The van der Waals surface area contributed by atoms with Crippen molar-refractivity contribution >= 4 is 12.4 Å². The van der Waals surface area contributed by atoms with Gasteiger partial charge in [0.15, 0.2) is 11.6 Å². The largest absolute Gasteiger partial charge is 0.314 e. The Balaban J connectivity index is 0.00000220. The summed E-state index contributed by atoms with van der Waals surface area (Å²) in [5.41, 5.74) is -0.0408. The number of benzene rings is 1.